The molecule has 0 radical (unpaired) electrons. The molecule has 32 heavy (non-hydrogen) atoms. The third-order valence-electron chi connectivity index (χ3n) is 5.86. The second kappa shape index (κ2) is 8.39. The van der Waals surface area contributed by atoms with Gasteiger partial charge in [-0.2, -0.15) is 10.4 Å². The average Bonchev–Trinajstić information content (AvgIpc) is 3.07. The van der Waals surface area contributed by atoms with Crippen molar-refractivity contribution in [3.63, 3.8) is 0 Å². The second-order valence-electron chi connectivity index (χ2n) is 7.82. The van der Waals surface area contributed by atoms with Gasteiger partial charge >= 0.3 is 6.03 Å². The predicted molar refractivity (Wildman–Crippen MR) is 111 cm³/mol. The van der Waals surface area contributed by atoms with Gasteiger partial charge in [-0.15, -0.1) is 0 Å². The summed E-state index contributed by atoms with van der Waals surface area (Å²) in [4.78, 5) is 38.6. The van der Waals surface area contributed by atoms with E-state index in [1.54, 1.807) is 27.7 Å². The fraction of sp³-hybridized carbons (Fsp3) is 0.381. The van der Waals surface area contributed by atoms with Crippen LogP contribution >= 0.6 is 0 Å². The molecule has 0 spiro atoms. The number of rotatable bonds is 3. The first kappa shape index (κ1) is 21.5. The lowest BCUT2D eigenvalue weighted by molar-refractivity contribution is -0.111. The summed E-state index contributed by atoms with van der Waals surface area (Å²) in [6, 6.07) is 4.94. The number of fused-ring (bicyclic) bond motifs is 3. The highest BCUT2D eigenvalue weighted by atomic mass is 19.1. The number of nitrogens with zero attached hydrogens (tertiary/aromatic N) is 6. The van der Waals surface area contributed by atoms with Gasteiger partial charge in [0.25, 0.3) is 5.91 Å². The van der Waals surface area contributed by atoms with E-state index in [4.69, 9.17) is 5.26 Å². The molecule has 2 aromatic rings. The standard InChI is InChI=1S/C21H22FN7O3/c1-13-9-18-16(19-20(31)26(2)27(7-8-30)5-6-29(19)25-18)12-28(13)21(32)24-15-3-4-17(22)14(10-15)11-23/h3-4,8,10,13H,5-7,9,12H2,1-2H3,(H,24,32). The Labute approximate surface area is 183 Å². The monoisotopic (exact) mass is 439 g/mol. The van der Waals surface area contributed by atoms with Gasteiger partial charge < -0.3 is 15.0 Å². The van der Waals surface area contributed by atoms with Crippen molar-refractivity contribution in [3.05, 3.63) is 46.5 Å². The number of amides is 3. The molecule has 1 aromatic carbocycles. The minimum atomic E-state index is -0.657. The fourth-order valence-corrected chi connectivity index (χ4v) is 4.09. The minimum absolute atomic E-state index is 0.100. The summed E-state index contributed by atoms with van der Waals surface area (Å²) in [6.45, 7) is 3.07. The largest absolute Gasteiger partial charge is 0.322 e. The number of urea groups is 1. The zero-order valence-electron chi connectivity index (χ0n) is 17.7. The van der Waals surface area contributed by atoms with Crippen LogP contribution in [0, 0.1) is 17.1 Å². The molecule has 166 valence electrons. The lowest BCUT2D eigenvalue weighted by Crippen LogP contribution is -2.46. The SMILES string of the molecule is CC1Cc2nn3c(c2CN1C(=O)Nc1ccc(F)c(C#N)c1)C(=O)N(C)N(CC=O)CC3. The van der Waals surface area contributed by atoms with Crippen LogP contribution in [0.3, 0.4) is 0 Å². The highest BCUT2D eigenvalue weighted by Crippen LogP contribution is 2.29. The lowest BCUT2D eigenvalue weighted by Gasteiger charge is -2.33. The van der Waals surface area contributed by atoms with Crippen LogP contribution in [0.2, 0.25) is 0 Å². The molecule has 2 aliphatic heterocycles. The maximum Gasteiger partial charge on any atom is 0.322 e. The summed E-state index contributed by atoms with van der Waals surface area (Å²) in [7, 11) is 1.61. The van der Waals surface area contributed by atoms with Crippen molar-refractivity contribution in [3.8, 4) is 6.07 Å². The Morgan fingerprint density at radius 1 is 1.41 bits per heavy atom. The van der Waals surface area contributed by atoms with Crippen LogP contribution in [-0.2, 0) is 24.3 Å². The van der Waals surface area contributed by atoms with E-state index in [1.165, 1.54) is 17.1 Å². The van der Waals surface area contributed by atoms with Gasteiger partial charge in [0.1, 0.15) is 23.9 Å². The van der Waals surface area contributed by atoms with E-state index in [9.17, 15) is 18.8 Å². The first-order valence-electron chi connectivity index (χ1n) is 10.2. The maximum absolute atomic E-state index is 13.6. The third kappa shape index (κ3) is 3.69. The number of halogens is 1. The van der Waals surface area contributed by atoms with Gasteiger partial charge in [-0.1, -0.05) is 0 Å². The number of nitriles is 1. The summed E-state index contributed by atoms with van der Waals surface area (Å²) in [5.74, 6) is -0.944. The molecule has 2 aliphatic rings. The summed E-state index contributed by atoms with van der Waals surface area (Å²) in [5.41, 5.74) is 2.01. The number of hydrogen-bond donors (Lipinski definition) is 1. The first-order valence-corrected chi connectivity index (χ1v) is 10.2. The van der Waals surface area contributed by atoms with Crippen LogP contribution < -0.4 is 5.32 Å². The smallest absolute Gasteiger partial charge is 0.317 e. The van der Waals surface area contributed by atoms with Crippen LogP contribution in [-0.4, -0.2) is 69.1 Å². The van der Waals surface area contributed by atoms with Gasteiger partial charge in [-0.25, -0.2) is 14.2 Å². The highest BCUT2D eigenvalue weighted by molar-refractivity contribution is 5.95. The molecule has 3 amide bonds. The molecule has 0 saturated heterocycles. The molecule has 0 aliphatic carbocycles. The van der Waals surface area contributed by atoms with Crippen molar-refractivity contribution in [2.24, 2.45) is 0 Å². The van der Waals surface area contributed by atoms with E-state index in [-0.39, 0.29) is 30.6 Å². The zero-order valence-corrected chi connectivity index (χ0v) is 17.7. The van der Waals surface area contributed by atoms with Gasteiger partial charge in [0.05, 0.1) is 30.9 Å². The van der Waals surface area contributed by atoms with Crippen LogP contribution in [0.4, 0.5) is 14.9 Å². The van der Waals surface area contributed by atoms with E-state index in [2.05, 4.69) is 10.4 Å². The van der Waals surface area contributed by atoms with E-state index in [0.717, 1.165) is 18.0 Å². The highest BCUT2D eigenvalue weighted by Gasteiger charge is 2.37. The van der Waals surface area contributed by atoms with Crippen molar-refractivity contribution in [2.75, 3.05) is 25.5 Å². The second-order valence-corrected chi connectivity index (χ2v) is 7.82. The van der Waals surface area contributed by atoms with Crippen molar-refractivity contribution in [1.82, 2.24) is 24.7 Å². The Hall–Kier alpha value is -3.78. The molecule has 11 heteroatoms. The number of benzene rings is 1. The van der Waals surface area contributed by atoms with Crippen molar-refractivity contribution in [2.45, 2.75) is 32.5 Å². The van der Waals surface area contributed by atoms with Crippen LogP contribution in [0.15, 0.2) is 18.2 Å². The number of anilines is 1. The zero-order chi connectivity index (χ0) is 23.0. The summed E-state index contributed by atoms with van der Waals surface area (Å²) in [5, 5.41) is 19.4. The number of carbonyl (C=O) groups is 3. The van der Waals surface area contributed by atoms with E-state index in [1.807, 2.05) is 6.92 Å². The van der Waals surface area contributed by atoms with Crippen molar-refractivity contribution in [1.29, 1.82) is 5.26 Å². The Morgan fingerprint density at radius 2 is 2.19 bits per heavy atom. The van der Waals surface area contributed by atoms with Crippen LogP contribution in [0.5, 0.6) is 0 Å². The normalized spacial score (nSPS) is 18.4. The lowest BCUT2D eigenvalue weighted by atomic mass is 9.99. The predicted octanol–water partition coefficient (Wildman–Crippen LogP) is 1.37. The van der Waals surface area contributed by atoms with Gasteiger partial charge in [0, 0.05) is 37.3 Å². The first-order chi connectivity index (χ1) is 15.3. The van der Waals surface area contributed by atoms with Gasteiger partial charge in [-0.3, -0.25) is 14.5 Å². The number of hydrazine groups is 1. The molecule has 1 atom stereocenters. The average molecular weight is 439 g/mol. The molecule has 1 N–H and O–H groups in total. The number of aromatic nitrogens is 2. The molecule has 1 aromatic heterocycles. The van der Waals surface area contributed by atoms with Crippen LogP contribution in [0.1, 0.15) is 34.2 Å². The van der Waals surface area contributed by atoms with E-state index < -0.39 is 11.8 Å². The number of hydrogen-bond acceptors (Lipinski definition) is 6. The quantitative estimate of drug-likeness (QED) is 0.723. The minimum Gasteiger partial charge on any atom is -0.317 e. The van der Waals surface area contributed by atoms with Crippen molar-refractivity contribution >= 4 is 23.9 Å². The fourth-order valence-electron chi connectivity index (χ4n) is 4.09. The Balaban J connectivity index is 1.59. The molecule has 0 saturated carbocycles. The molecule has 10 nitrogen and oxygen atoms in total. The molecular formula is C21H22FN7O3. The maximum atomic E-state index is 13.6. The molecule has 1 unspecified atom stereocenters. The third-order valence-corrected chi connectivity index (χ3v) is 5.86. The Kier molecular flexibility index (Phi) is 5.63. The van der Waals surface area contributed by atoms with Crippen LogP contribution in [0.25, 0.3) is 0 Å². The number of carbonyl (C=O) groups excluding carboxylic acids is 3. The molecule has 0 bridgehead atoms. The molecule has 4 rings (SSSR count). The van der Waals surface area contributed by atoms with Crippen molar-refractivity contribution < 1.29 is 18.8 Å². The molecule has 0 fully saturated rings. The molecular weight excluding hydrogens is 417 g/mol. The summed E-state index contributed by atoms with van der Waals surface area (Å²) >= 11 is 0. The summed E-state index contributed by atoms with van der Waals surface area (Å²) in [6.07, 6.45) is 1.22. The van der Waals surface area contributed by atoms with E-state index >= 15 is 0 Å². The van der Waals surface area contributed by atoms with E-state index in [0.29, 0.717) is 36.5 Å². The molecule has 3 heterocycles. The number of nitrogens with one attached hydrogen (secondary N) is 1. The van der Waals surface area contributed by atoms with Gasteiger partial charge in [-0.05, 0) is 25.1 Å². The Morgan fingerprint density at radius 3 is 2.91 bits per heavy atom. The summed E-state index contributed by atoms with van der Waals surface area (Å²) < 4.78 is 15.2. The number of aldehydes is 1. The topological polar surface area (TPSA) is 115 Å². The van der Waals surface area contributed by atoms with Gasteiger partial charge in [0.15, 0.2) is 0 Å². The van der Waals surface area contributed by atoms with Gasteiger partial charge in [0.2, 0.25) is 0 Å². The Bertz CT molecular complexity index is 1140.